The molecule has 0 bridgehead atoms. The molecule has 0 radical (unpaired) electrons. The molecular formula is C13H10Br2N6O. The van der Waals surface area contributed by atoms with Gasteiger partial charge in [0.15, 0.2) is 5.69 Å². The molecule has 7 nitrogen and oxygen atoms in total. The lowest BCUT2D eigenvalue weighted by atomic mass is 10.2. The molecule has 9 heteroatoms. The van der Waals surface area contributed by atoms with Gasteiger partial charge in [-0.25, -0.2) is 9.67 Å². The largest absolute Gasteiger partial charge is 0.288 e. The van der Waals surface area contributed by atoms with Gasteiger partial charge in [-0.15, -0.1) is 5.10 Å². The van der Waals surface area contributed by atoms with Crippen molar-refractivity contribution < 1.29 is 4.79 Å². The number of hydrogen-bond acceptors (Lipinski definition) is 4. The molecule has 112 valence electrons. The van der Waals surface area contributed by atoms with E-state index >= 15 is 0 Å². The van der Waals surface area contributed by atoms with Crippen molar-refractivity contribution >= 4 is 43.7 Å². The summed E-state index contributed by atoms with van der Waals surface area (Å²) in [6, 6.07) is 9.87. The van der Waals surface area contributed by atoms with Crippen molar-refractivity contribution in [2.45, 2.75) is 6.54 Å². The Bertz CT molecular complexity index is 798. The molecule has 0 fully saturated rings. The quantitative estimate of drug-likeness (QED) is 0.672. The van der Waals surface area contributed by atoms with Crippen molar-refractivity contribution in [2.24, 2.45) is 0 Å². The Hall–Kier alpha value is -2.00. The van der Waals surface area contributed by atoms with E-state index in [1.54, 1.807) is 11.0 Å². The number of carbonyl (C=O) groups excluding carboxylic acids is 1. The van der Waals surface area contributed by atoms with E-state index in [0.717, 1.165) is 5.56 Å². The first kappa shape index (κ1) is 14.9. The van der Waals surface area contributed by atoms with Crippen LogP contribution in [-0.4, -0.2) is 30.9 Å². The summed E-state index contributed by atoms with van der Waals surface area (Å²) < 4.78 is 2.80. The van der Waals surface area contributed by atoms with Gasteiger partial charge in [-0.2, -0.15) is 5.10 Å². The molecule has 1 amide bonds. The number of aromatic nitrogens is 5. The zero-order valence-electron chi connectivity index (χ0n) is 11.1. The number of benzene rings is 1. The molecule has 2 N–H and O–H groups in total. The molecule has 22 heavy (non-hydrogen) atoms. The lowest BCUT2D eigenvalue weighted by molar-refractivity contribution is 0.102. The minimum Gasteiger partial charge on any atom is -0.288 e. The molecule has 0 saturated carbocycles. The van der Waals surface area contributed by atoms with E-state index in [2.05, 4.69) is 57.5 Å². The smallest absolute Gasteiger partial charge is 0.279 e. The minimum absolute atomic E-state index is 0.228. The number of hydrogen-bond donors (Lipinski definition) is 2. The summed E-state index contributed by atoms with van der Waals surface area (Å²) in [6.07, 6.45) is 1.57. The van der Waals surface area contributed by atoms with Gasteiger partial charge < -0.3 is 0 Å². The first-order valence-electron chi connectivity index (χ1n) is 6.27. The maximum Gasteiger partial charge on any atom is 0.279 e. The summed E-state index contributed by atoms with van der Waals surface area (Å²) in [7, 11) is 0. The van der Waals surface area contributed by atoms with Gasteiger partial charge in [0.1, 0.15) is 10.9 Å². The van der Waals surface area contributed by atoms with Crippen LogP contribution in [0.3, 0.4) is 0 Å². The van der Waals surface area contributed by atoms with Gasteiger partial charge in [-0.3, -0.25) is 15.2 Å². The lowest BCUT2D eigenvalue weighted by Crippen LogP contribution is -2.14. The van der Waals surface area contributed by atoms with Gasteiger partial charge in [0.25, 0.3) is 5.91 Å². The first-order chi connectivity index (χ1) is 10.6. The molecule has 0 atom stereocenters. The van der Waals surface area contributed by atoms with E-state index in [1.165, 1.54) is 0 Å². The summed E-state index contributed by atoms with van der Waals surface area (Å²) in [4.78, 5) is 16.2. The number of rotatable bonds is 4. The van der Waals surface area contributed by atoms with Gasteiger partial charge in [-0.05, 0) is 37.4 Å². The predicted molar refractivity (Wildman–Crippen MR) is 87.5 cm³/mol. The molecule has 2 aromatic heterocycles. The van der Waals surface area contributed by atoms with E-state index in [9.17, 15) is 4.79 Å². The number of carbonyl (C=O) groups is 1. The fourth-order valence-corrected chi connectivity index (χ4v) is 2.45. The highest BCUT2D eigenvalue weighted by atomic mass is 79.9. The van der Waals surface area contributed by atoms with Crippen LogP contribution in [0.2, 0.25) is 0 Å². The monoisotopic (exact) mass is 424 g/mol. The molecule has 2 heterocycles. The Morgan fingerprint density at radius 1 is 1.27 bits per heavy atom. The van der Waals surface area contributed by atoms with Crippen LogP contribution in [0.15, 0.2) is 45.7 Å². The Balaban J connectivity index is 1.69. The highest BCUT2D eigenvalue weighted by molar-refractivity contribution is 9.13. The molecule has 0 spiro atoms. The average Bonchev–Trinajstić information content (AvgIpc) is 3.08. The Morgan fingerprint density at radius 3 is 2.73 bits per heavy atom. The van der Waals surface area contributed by atoms with Crippen molar-refractivity contribution in [3.63, 3.8) is 0 Å². The molecule has 0 aliphatic carbocycles. The normalized spacial score (nSPS) is 10.6. The fraction of sp³-hybridized carbons (Fsp3) is 0.0769. The maximum atomic E-state index is 12.1. The van der Waals surface area contributed by atoms with Crippen molar-refractivity contribution in [1.82, 2.24) is 25.0 Å². The number of anilines is 1. The van der Waals surface area contributed by atoms with Crippen molar-refractivity contribution in [2.75, 3.05) is 5.32 Å². The molecule has 0 saturated heterocycles. The third-order valence-electron chi connectivity index (χ3n) is 2.83. The number of H-pyrrole nitrogens is 1. The van der Waals surface area contributed by atoms with Crippen molar-refractivity contribution in [1.29, 1.82) is 0 Å². The second-order valence-electron chi connectivity index (χ2n) is 4.41. The predicted octanol–water partition coefficient (Wildman–Crippen LogP) is 2.83. The topological polar surface area (TPSA) is 88.5 Å². The molecule has 1 aromatic carbocycles. The minimum atomic E-state index is -0.397. The van der Waals surface area contributed by atoms with Crippen LogP contribution >= 0.6 is 31.9 Å². The fourth-order valence-electron chi connectivity index (χ4n) is 1.82. The molecule has 0 unspecified atom stereocenters. The van der Waals surface area contributed by atoms with Crippen LogP contribution in [0.5, 0.6) is 0 Å². The number of amides is 1. The summed E-state index contributed by atoms with van der Waals surface area (Å²) in [5.74, 6) is -0.168. The standard InChI is InChI=1S/C13H10Br2N6O/c14-9-10(18-19-11(9)15)12(22)17-13-16-7-21(20-13)6-8-4-2-1-3-5-8/h1-5,7H,6H2,(H,18,19)(H,17,20,22). The average molecular weight is 426 g/mol. The summed E-state index contributed by atoms with van der Waals surface area (Å²) >= 11 is 6.50. The van der Waals surface area contributed by atoms with E-state index in [-0.39, 0.29) is 11.6 Å². The van der Waals surface area contributed by atoms with E-state index < -0.39 is 5.91 Å². The van der Waals surface area contributed by atoms with Crippen LogP contribution in [-0.2, 0) is 6.54 Å². The Morgan fingerprint density at radius 2 is 2.05 bits per heavy atom. The summed E-state index contributed by atoms with van der Waals surface area (Å²) in [5, 5.41) is 13.4. The van der Waals surface area contributed by atoms with Crippen LogP contribution < -0.4 is 5.32 Å². The Labute approximate surface area is 142 Å². The van der Waals surface area contributed by atoms with Crippen molar-refractivity contribution in [3.8, 4) is 0 Å². The molecule has 0 aliphatic heterocycles. The van der Waals surface area contributed by atoms with Crippen LogP contribution in [0, 0.1) is 0 Å². The maximum absolute atomic E-state index is 12.1. The second-order valence-corrected chi connectivity index (χ2v) is 5.99. The molecule has 3 rings (SSSR count). The van der Waals surface area contributed by atoms with E-state index in [0.29, 0.717) is 15.6 Å². The van der Waals surface area contributed by atoms with Gasteiger partial charge in [0.05, 0.1) is 11.0 Å². The molecule has 0 aliphatic rings. The number of aromatic amines is 1. The zero-order chi connectivity index (χ0) is 15.5. The van der Waals surface area contributed by atoms with Crippen LogP contribution in [0.1, 0.15) is 16.1 Å². The van der Waals surface area contributed by atoms with Gasteiger partial charge in [-0.1, -0.05) is 30.3 Å². The van der Waals surface area contributed by atoms with E-state index in [4.69, 9.17) is 0 Å². The molecular weight excluding hydrogens is 416 g/mol. The van der Waals surface area contributed by atoms with E-state index in [1.807, 2.05) is 30.3 Å². The third-order valence-corrected chi connectivity index (χ3v) is 4.71. The Kier molecular flexibility index (Phi) is 4.34. The molecule has 3 aromatic rings. The second kappa shape index (κ2) is 6.41. The number of nitrogens with zero attached hydrogens (tertiary/aromatic N) is 4. The SMILES string of the molecule is O=C(Nc1ncn(Cc2ccccc2)n1)c1n[nH]c(Br)c1Br. The van der Waals surface area contributed by atoms with Crippen LogP contribution in [0.25, 0.3) is 0 Å². The summed E-state index contributed by atoms with van der Waals surface area (Å²) in [5.41, 5.74) is 1.33. The highest BCUT2D eigenvalue weighted by Crippen LogP contribution is 2.24. The van der Waals surface area contributed by atoms with Gasteiger partial charge in [0, 0.05) is 0 Å². The lowest BCUT2D eigenvalue weighted by Gasteiger charge is -2.00. The van der Waals surface area contributed by atoms with Crippen LogP contribution in [0.4, 0.5) is 5.95 Å². The number of halogens is 2. The van der Waals surface area contributed by atoms with Crippen molar-refractivity contribution in [3.05, 3.63) is 57.0 Å². The number of nitrogens with one attached hydrogen (secondary N) is 2. The first-order valence-corrected chi connectivity index (χ1v) is 7.86. The zero-order valence-corrected chi connectivity index (χ0v) is 14.3. The summed E-state index contributed by atoms with van der Waals surface area (Å²) in [6.45, 7) is 0.585. The third kappa shape index (κ3) is 3.25. The highest BCUT2D eigenvalue weighted by Gasteiger charge is 2.17. The van der Waals surface area contributed by atoms with Gasteiger partial charge in [0.2, 0.25) is 5.95 Å². The van der Waals surface area contributed by atoms with Gasteiger partial charge >= 0.3 is 0 Å².